The number of rotatable bonds is 5. The van der Waals surface area contributed by atoms with Crippen LogP contribution >= 0.6 is 0 Å². The number of hydrogen-bond acceptors (Lipinski definition) is 5. The summed E-state index contributed by atoms with van der Waals surface area (Å²) in [6, 6.07) is 12.9. The molecular formula is C23H25N3O4. The van der Waals surface area contributed by atoms with E-state index in [9.17, 15) is 9.59 Å². The fourth-order valence-corrected chi connectivity index (χ4v) is 4.14. The van der Waals surface area contributed by atoms with Crippen LogP contribution in [-0.4, -0.2) is 40.9 Å². The van der Waals surface area contributed by atoms with Gasteiger partial charge in [-0.25, -0.2) is 4.79 Å². The molecule has 7 nitrogen and oxygen atoms in total. The quantitative estimate of drug-likeness (QED) is 0.431. The zero-order valence-electron chi connectivity index (χ0n) is 16.9. The van der Waals surface area contributed by atoms with Gasteiger partial charge in [0.15, 0.2) is 0 Å². The van der Waals surface area contributed by atoms with Gasteiger partial charge in [-0.2, -0.15) is 0 Å². The smallest absolute Gasteiger partial charge is 0.449 e. The Hall–Kier alpha value is -3.19. The number of nitrogens with one attached hydrogen (secondary N) is 1. The summed E-state index contributed by atoms with van der Waals surface area (Å²) in [6.45, 7) is 5.07. The molecule has 30 heavy (non-hydrogen) atoms. The summed E-state index contributed by atoms with van der Waals surface area (Å²) in [5.41, 5.74) is 4.00. The molecule has 0 saturated carbocycles. The van der Waals surface area contributed by atoms with Crippen LogP contribution in [0, 0.1) is 0 Å². The predicted molar refractivity (Wildman–Crippen MR) is 115 cm³/mol. The monoisotopic (exact) mass is 407 g/mol. The summed E-state index contributed by atoms with van der Waals surface area (Å²) in [4.78, 5) is 30.5. The minimum absolute atomic E-state index is 0.178. The molecule has 1 atom stereocenters. The molecule has 0 bridgehead atoms. The van der Waals surface area contributed by atoms with Gasteiger partial charge in [-0.15, -0.1) is 0 Å². The number of hydrogen-bond donors (Lipinski definition) is 2. The summed E-state index contributed by atoms with van der Waals surface area (Å²) in [5, 5.41) is 11.7. The van der Waals surface area contributed by atoms with Crippen molar-refractivity contribution in [1.29, 1.82) is 0 Å². The average Bonchev–Trinajstić information content (AvgIpc) is 3.05. The van der Waals surface area contributed by atoms with E-state index in [4.69, 9.17) is 9.84 Å². The van der Waals surface area contributed by atoms with E-state index in [1.54, 1.807) is 12.1 Å². The largest absolute Gasteiger partial charge is 0.511 e. The van der Waals surface area contributed by atoms with Gasteiger partial charge in [0.2, 0.25) is 5.91 Å². The van der Waals surface area contributed by atoms with Crippen molar-refractivity contribution in [2.24, 2.45) is 4.99 Å². The number of ether oxygens (including phenoxy) is 1. The molecule has 2 aliphatic rings. The summed E-state index contributed by atoms with van der Waals surface area (Å²) < 4.78 is 4.73. The molecule has 1 fully saturated rings. The molecule has 156 valence electrons. The molecule has 0 spiro atoms. The second-order valence-electron chi connectivity index (χ2n) is 7.80. The minimum atomic E-state index is -1.39. The van der Waals surface area contributed by atoms with Gasteiger partial charge in [-0.3, -0.25) is 14.7 Å². The van der Waals surface area contributed by atoms with Crippen LogP contribution in [-0.2, 0) is 11.3 Å². The van der Waals surface area contributed by atoms with Crippen LogP contribution in [0.1, 0.15) is 43.2 Å². The second-order valence-corrected chi connectivity index (χ2v) is 7.80. The van der Waals surface area contributed by atoms with E-state index in [1.807, 2.05) is 19.1 Å². The number of likely N-dealkylation sites (tertiary alicyclic amines) is 1. The molecule has 0 aromatic heterocycles. The van der Waals surface area contributed by atoms with Crippen LogP contribution in [0.5, 0.6) is 5.75 Å². The fourth-order valence-electron chi connectivity index (χ4n) is 4.14. The second kappa shape index (κ2) is 8.67. The molecule has 1 saturated heterocycles. The number of benzene rings is 2. The first-order valence-corrected chi connectivity index (χ1v) is 10.2. The van der Waals surface area contributed by atoms with Crippen LogP contribution < -0.4 is 10.1 Å². The lowest BCUT2D eigenvalue weighted by atomic mass is 9.96. The number of nitrogens with zero attached hydrogens (tertiary/aromatic N) is 2. The molecule has 2 N–H and O–H groups in total. The number of anilines is 1. The van der Waals surface area contributed by atoms with E-state index in [0.29, 0.717) is 17.0 Å². The van der Waals surface area contributed by atoms with Crippen LogP contribution in [0.3, 0.4) is 0 Å². The van der Waals surface area contributed by atoms with Crippen LogP contribution in [0.2, 0.25) is 0 Å². The molecule has 4 rings (SSSR count). The van der Waals surface area contributed by atoms with Gasteiger partial charge in [-0.05, 0) is 74.3 Å². The first-order chi connectivity index (χ1) is 14.5. The number of carboxylic acid groups (broad SMARTS) is 1. The SMILES string of the molecule is CC(=Nc1ccc(CN2CCCCC2)cc1)C1C(=O)Nc2ccc(OC(=O)O)cc21. The highest BCUT2D eigenvalue weighted by Crippen LogP contribution is 2.36. The maximum absolute atomic E-state index is 12.5. The van der Waals surface area contributed by atoms with Crippen molar-refractivity contribution in [1.82, 2.24) is 4.90 Å². The van der Waals surface area contributed by atoms with Gasteiger partial charge in [0.25, 0.3) is 0 Å². The Kier molecular flexibility index (Phi) is 5.81. The summed E-state index contributed by atoms with van der Waals surface area (Å²) >= 11 is 0. The highest BCUT2D eigenvalue weighted by molar-refractivity contribution is 6.18. The number of carbonyl (C=O) groups is 2. The number of aliphatic imine (C=N–C) groups is 1. The summed E-state index contributed by atoms with van der Waals surface area (Å²) in [6.07, 6.45) is 2.47. The Bertz CT molecular complexity index is 978. The number of fused-ring (bicyclic) bond motifs is 1. The van der Waals surface area contributed by atoms with Crippen molar-refractivity contribution in [2.75, 3.05) is 18.4 Å². The van der Waals surface area contributed by atoms with Crippen molar-refractivity contribution in [3.05, 3.63) is 53.6 Å². The molecule has 2 heterocycles. The lowest BCUT2D eigenvalue weighted by Gasteiger charge is -2.26. The maximum atomic E-state index is 12.5. The maximum Gasteiger partial charge on any atom is 0.511 e. The van der Waals surface area contributed by atoms with E-state index in [0.717, 1.165) is 25.3 Å². The number of amides is 1. The van der Waals surface area contributed by atoms with Gasteiger partial charge < -0.3 is 15.2 Å². The third kappa shape index (κ3) is 4.52. The standard InChI is InChI=1S/C23H25N3O4/c1-15(21-19-13-18(30-23(28)29)9-10-20(19)25-22(21)27)24-17-7-5-16(6-8-17)14-26-11-3-2-4-12-26/h5-10,13,21H,2-4,11-12,14H2,1H3,(H,25,27)(H,28,29). The Labute approximate surface area is 175 Å². The van der Waals surface area contributed by atoms with Crippen molar-refractivity contribution in [3.8, 4) is 5.75 Å². The molecule has 1 amide bonds. The summed E-state index contributed by atoms with van der Waals surface area (Å²) in [5.74, 6) is -0.580. The molecule has 2 aliphatic heterocycles. The lowest BCUT2D eigenvalue weighted by molar-refractivity contribution is -0.115. The molecular weight excluding hydrogens is 382 g/mol. The normalized spacial score (nSPS) is 19.3. The van der Waals surface area contributed by atoms with E-state index in [-0.39, 0.29) is 11.7 Å². The van der Waals surface area contributed by atoms with E-state index in [1.165, 1.54) is 30.9 Å². The average molecular weight is 407 g/mol. The fraction of sp³-hybridized carbons (Fsp3) is 0.348. The third-order valence-corrected chi connectivity index (χ3v) is 5.57. The highest BCUT2D eigenvalue weighted by Gasteiger charge is 2.33. The van der Waals surface area contributed by atoms with E-state index < -0.39 is 12.1 Å². The van der Waals surface area contributed by atoms with E-state index in [2.05, 4.69) is 27.3 Å². The Morgan fingerprint density at radius 1 is 1.17 bits per heavy atom. The third-order valence-electron chi connectivity index (χ3n) is 5.57. The van der Waals surface area contributed by atoms with Crippen LogP contribution in [0.25, 0.3) is 0 Å². The van der Waals surface area contributed by atoms with Crippen molar-refractivity contribution in [2.45, 2.75) is 38.6 Å². The van der Waals surface area contributed by atoms with Gasteiger partial charge >= 0.3 is 6.16 Å². The topological polar surface area (TPSA) is 91.2 Å². The zero-order valence-corrected chi connectivity index (χ0v) is 16.9. The number of carbonyl (C=O) groups excluding carboxylic acids is 1. The molecule has 0 radical (unpaired) electrons. The van der Waals surface area contributed by atoms with Gasteiger partial charge in [0.1, 0.15) is 11.7 Å². The number of piperidine rings is 1. The Morgan fingerprint density at radius 2 is 1.90 bits per heavy atom. The highest BCUT2D eigenvalue weighted by atomic mass is 16.7. The first kappa shape index (κ1) is 20.1. The molecule has 7 heteroatoms. The van der Waals surface area contributed by atoms with Gasteiger partial charge in [-0.1, -0.05) is 18.6 Å². The predicted octanol–water partition coefficient (Wildman–Crippen LogP) is 4.56. The van der Waals surface area contributed by atoms with Crippen LogP contribution in [0.15, 0.2) is 47.5 Å². The minimum Gasteiger partial charge on any atom is -0.449 e. The van der Waals surface area contributed by atoms with Crippen molar-refractivity contribution >= 4 is 29.1 Å². The van der Waals surface area contributed by atoms with Gasteiger partial charge in [0.05, 0.1) is 5.69 Å². The summed E-state index contributed by atoms with van der Waals surface area (Å²) in [7, 11) is 0. The molecule has 2 aromatic carbocycles. The Morgan fingerprint density at radius 3 is 2.60 bits per heavy atom. The molecule has 2 aromatic rings. The molecule has 1 unspecified atom stereocenters. The molecule has 0 aliphatic carbocycles. The Balaban J connectivity index is 1.50. The zero-order chi connectivity index (χ0) is 21.1. The van der Waals surface area contributed by atoms with Crippen LogP contribution in [0.4, 0.5) is 16.2 Å². The first-order valence-electron chi connectivity index (χ1n) is 10.2. The lowest BCUT2D eigenvalue weighted by Crippen LogP contribution is -2.28. The van der Waals surface area contributed by atoms with Crippen molar-refractivity contribution < 1.29 is 19.4 Å². The van der Waals surface area contributed by atoms with Crippen molar-refractivity contribution in [3.63, 3.8) is 0 Å². The van der Waals surface area contributed by atoms with Gasteiger partial charge in [0, 0.05) is 17.9 Å². The van der Waals surface area contributed by atoms with E-state index >= 15 is 0 Å².